The van der Waals surface area contributed by atoms with E-state index in [9.17, 15) is 0 Å². The van der Waals surface area contributed by atoms with E-state index >= 15 is 0 Å². The first kappa shape index (κ1) is 11.3. The first-order valence-electron chi connectivity index (χ1n) is 4.78. The van der Waals surface area contributed by atoms with Crippen LogP contribution in [-0.4, -0.2) is 6.54 Å². The Morgan fingerprint density at radius 3 is 2.93 bits per heavy atom. The minimum Gasteiger partial charge on any atom is -0.312 e. The third-order valence-electron chi connectivity index (χ3n) is 1.95. The quantitative estimate of drug-likeness (QED) is 0.579. The Kier molecular flexibility index (Phi) is 4.71. The first-order valence-corrected chi connectivity index (χ1v) is 5.16. The Balaban J connectivity index is 2.28. The zero-order chi connectivity index (χ0) is 10.4. The van der Waals surface area contributed by atoms with Crippen molar-refractivity contribution < 1.29 is 0 Å². The predicted octanol–water partition coefficient (Wildman–Crippen LogP) is 3.40. The van der Waals surface area contributed by atoms with Crippen LogP contribution in [0.5, 0.6) is 0 Å². The van der Waals surface area contributed by atoms with Crippen LogP contribution in [-0.2, 0) is 6.54 Å². The van der Waals surface area contributed by atoms with Crippen LogP contribution in [0.25, 0.3) is 0 Å². The topological polar surface area (TPSA) is 12.0 Å². The fourth-order valence-electron chi connectivity index (χ4n) is 1.18. The van der Waals surface area contributed by atoms with Gasteiger partial charge in [0.25, 0.3) is 0 Å². The maximum atomic E-state index is 5.87. The zero-order valence-electron chi connectivity index (χ0n) is 8.52. The molecule has 0 amide bonds. The zero-order valence-corrected chi connectivity index (χ0v) is 9.27. The molecule has 0 spiro atoms. The van der Waals surface area contributed by atoms with E-state index < -0.39 is 0 Å². The van der Waals surface area contributed by atoms with E-state index in [0.717, 1.165) is 24.5 Å². The summed E-state index contributed by atoms with van der Waals surface area (Å²) in [6, 6.07) is 7.91. The van der Waals surface area contributed by atoms with E-state index in [1.165, 1.54) is 11.1 Å². The van der Waals surface area contributed by atoms with Gasteiger partial charge in [-0.15, -0.1) is 6.58 Å². The molecule has 0 bridgehead atoms. The van der Waals surface area contributed by atoms with E-state index in [4.69, 9.17) is 11.6 Å². The van der Waals surface area contributed by atoms with E-state index in [2.05, 4.69) is 18.0 Å². The second kappa shape index (κ2) is 5.84. The second-order valence-electron chi connectivity index (χ2n) is 3.51. The fraction of sp³-hybridized carbons (Fsp3) is 0.333. The molecule has 0 heterocycles. The average Bonchev–Trinajstić information content (AvgIpc) is 2.12. The van der Waals surface area contributed by atoms with Gasteiger partial charge in [-0.05, 0) is 37.6 Å². The molecular weight excluding hydrogens is 194 g/mol. The first-order chi connectivity index (χ1) is 6.68. The molecule has 0 saturated carbocycles. The molecule has 14 heavy (non-hydrogen) atoms. The van der Waals surface area contributed by atoms with E-state index in [1.807, 2.05) is 25.1 Å². The van der Waals surface area contributed by atoms with Gasteiger partial charge in [0.15, 0.2) is 0 Å². The van der Waals surface area contributed by atoms with Gasteiger partial charge >= 0.3 is 0 Å². The van der Waals surface area contributed by atoms with E-state index in [1.54, 1.807) is 0 Å². The van der Waals surface area contributed by atoms with E-state index in [0.29, 0.717) is 0 Å². The summed E-state index contributed by atoms with van der Waals surface area (Å²) in [4.78, 5) is 0. The lowest BCUT2D eigenvalue weighted by Gasteiger charge is -2.04. The normalized spacial score (nSPS) is 10.1. The molecule has 2 heteroatoms. The minimum atomic E-state index is 0.796. The van der Waals surface area contributed by atoms with Gasteiger partial charge in [-0.25, -0.2) is 0 Å². The van der Waals surface area contributed by atoms with Crippen LogP contribution in [0, 0.1) is 0 Å². The number of hydrogen-bond donors (Lipinski definition) is 1. The summed E-state index contributed by atoms with van der Waals surface area (Å²) in [5, 5.41) is 4.14. The van der Waals surface area contributed by atoms with Gasteiger partial charge in [0.1, 0.15) is 0 Å². The van der Waals surface area contributed by atoms with Crippen molar-refractivity contribution >= 4 is 11.6 Å². The highest BCUT2D eigenvalue weighted by Crippen LogP contribution is 2.10. The van der Waals surface area contributed by atoms with Gasteiger partial charge in [-0.3, -0.25) is 0 Å². The van der Waals surface area contributed by atoms with Crippen molar-refractivity contribution in [1.29, 1.82) is 0 Å². The molecule has 0 saturated heterocycles. The summed E-state index contributed by atoms with van der Waals surface area (Å²) in [5.74, 6) is 0. The maximum absolute atomic E-state index is 5.87. The Hall–Kier alpha value is -0.790. The van der Waals surface area contributed by atoms with Gasteiger partial charge in [-0.2, -0.15) is 0 Å². The van der Waals surface area contributed by atoms with Crippen molar-refractivity contribution in [3.8, 4) is 0 Å². The Bertz CT molecular complexity index is 307. The van der Waals surface area contributed by atoms with Gasteiger partial charge in [0.2, 0.25) is 0 Å². The van der Waals surface area contributed by atoms with Crippen molar-refractivity contribution in [2.45, 2.75) is 19.9 Å². The molecule has 0 aromatic heterocycles. The Morgan fingerprint density at radius 2 is 2.29 bits per heavy atom. The summed E-state index contributed by atoms with van der Waals surface area (Å²) < 4.78 is 0. The molecule has 0 aliphatic rings. The highest BCUT2D eigenvalue weighted by Gasteiger charge is 1.93. The molecular formula is C12H16ClN. The molecule has 1 N–H and O–H groups in total. The monoisotopic (exact) mass is 209 g/mol. The lowest BCUT2D eigenvalue weighted by atomic mass is 10.2. The van der Waals surface area contributed by atoms with Crippen molar-refractivity contribution in [2.24, 2.45) is 0 Å². The number of benzene rings is 1. The Labute approximate surface area is 90.8 Å². The molecule has 1 aromatic carbocycles. The maximum Gasteiger partial charge on any atom is 0.0409 e. The fourth-order valence-corrected chi connectivity index (χ4v) is 1.39. The summed E-state index contributed by atoms with van der Waals surface area (Å²) in [6.45, 7) is 7.74. The number of nitrogens with one attached hydrogen (secondary N) is 1. The standard InChI is InChI=1S/C12H16ClN/c1-10(2)6-7-14-9-11-4-3-5-12(13)8-11/h3-5,8,14H,1,6-7,9H2,2H3. The SMILES string of the molecule is C=C(C)CCNCc1cccc(Cl)c1. The van der Waals surface area contributed by atoms with Crippen molar-refractivity contribution in [3.63, 3.8) is 0 Å². The van der Waals surface area contributed by atoms with Gasteiger partial charge < -0.3 is 5.32 Å². The van der Waals surface area contributed by atoms with Gasteiger partial charge in [0, 0.05) is 11.6 Å². The highest BCUT2D eigenvalue weighted by molar-refractivity contribution is 6.30. The number of rotatable bonds is 5. The third-order valence-corrected chi connectivity index (χ3v) is 2.18. The summed E-state index contributed by atoms with van der Waals surface area (Å²) in [6.07, 6.45) is 1.03. The van der Waals surface area contributed by atoms with Crippen LogP contribution in [0.2, 0.25) is 5.02 Å². The highest BCUT2D eigenvalue weighted by atomic mass is 35.5. The smallest absolute Gasteiger partial charge is 0.0409 e. The molecule has 1 nitrogen and oxygen atoms in total. The molecule has 76 valence electrons. The minimum absolute atomic E-state index is 0.796. The molecule has 0 unspecified atom stereocenters. The lowest BCUT2D eigenvalue weighted by molar-refractivity contribution is 0.685. The van der Waals surface area contributed by atoms with Crippen LogP contribution >= 0.6 is 11.6 Å². The van der Waals surface area contributed by atoms with Crippen LogP contribution in [0.3, 0.4) is 0 Å². The Morgan fingerprint density at radius 1 is 1.50 bits per heavy atom. The van der Waals surface area contributed by atoms with Crippen molar-refractivity contribution in [3.05, 3.63) is 47.0 Å². The number of hydrogen-bond acceptors (Lipinski definition) is 1. The third kappa shape index (κ3) is 4.45. The molecule has 0 atom stereocenters. The van der Waals surface area contributed by atoms with Crippen LogP contribution in [0.15, 0.2) is 36.4 Å². The van der Waals surface area contributed by atoms with Crippen molar-refractivity contribution in [2.75, 3.05) is 6.54 Å². The molecule has 0 aliphatic carbocycles. The largest absolute Gasteiger partial charge is 0.312 e. The summed E-state index contributed by atoms with van der Waals surface area (Å²) in [7, 11) is 0. The summed E-state index contributed by atoms with van der Waals surface area (Å²) in [5.41, 5.74) is 2.43. The molecule has 1 rings (SSSR count). The second-order valence-corrected chi connectivity index (χ2v) is 3.95. The van der Waals surface area contributed by atoms with Crippen LogP contribution < -0.4 is 5.32 Å². The predicted molar refractivity (Wildman–Crippen MR) is 62.6 cm³/mol. The number of halogens is 1. The summed E-state index contributed by atoms with van der Waals surface area (Å²) >= 11 is 5.87. The van der Waals surface area contributed by atoms with Crippen LogP contribution in [0.4, 0.5) is 0 Å². The van der Waals surface area contributed by atoms with Gasteiger partial charge in [0.05, 0.1) is 0 Å². The van der Waals surface area contributed by atoms with Crippen LogP contribution in [0.1, 0.15) is 18.9 Å². The molecule has 0 radical (unpaired) electrons. The van der Waals surface area contributed by atoms with Gasteiger partial charge in [-0.1, -0.05) is 29.3 Å². The molecule has 0 aliphatic heterocycles. The van der Waals surface area contributed by atoms with Crippen molar-refractivity contribution in [1.82, 2.24) is 5.32 Å². The average molecular weight is 210 g/mol. The lowest BCUT2D eigenvalue weighted by Crippen LogP contribution is -2.14. The van der Waals surface area contributed by atoms with E-state index in [-0.39, 0.29) is 0 Å². The molecule has 0 fully saturated rings. The molecule has 1 aromatic rings.